The Bertz CT molecular complexity index is 468. The van der Waals surface area contributed by atoms with Crippen molar-refractivity contribution in [3.8, 4) is 0 Å². The topological polar surface area (TPSA) is 58.4 Å². The van der Waals surface area contributed by atoms with Gasteiger partial charge in [-0.1, -0.05) is 6.92 Å². The molecule has 0 bridgehead atoms. The number of anilines is 1. The van der Waals surface area contributed by atoms with E-state index in [1.165, 1.54) is 4.90 Å². The molecule has 1 heterocycles. The summed E-state index contributed by atoms with van der Waals surface area (Å²) in [7, 11) is 0. The maximum atomic E-state index is 12.0. The van der Waals surface area contributed by atoms with E-state index in [2.05, 4.69) is 17.1 Å². The number of hydrogen-bond acceptors (Lipinski definition) is 4. The molecule has 1 aliphatic heterocycles. The van der Waals surface area contributed by atoms with E-state index in [0.29, 0.717) is 13.1 Å². The van der Waals surface area contributed by atoms with Gasteiger partial charge < -0.3 is 11.1 Å². The molecule has 1 saturated heterocycles. The number of benzene rings is 1. The molecule has 0 saturated carbocycles. The third kappa shape index (κ3) is 5.18. The summed E-state index contributed by atoms with van der Waals surface area (Å²) in [5.74, 6) is 0.0446. The molecule has 0 spiro atoms. The van der Waals surface area contributed by atoms with Crippen LogP contribution in [-0.2, 0) is 4.79 Å². The lowest BCUT2D eigenvalue weighted by atomic mass is 9.90. The average Bonchev–Trinajstić information content (AvgIpc) is 2.81. The number of nitrogens with one attached hydrogen (secondary N) is 1. The van der Waals surface area contributed by atoms with Crippen molar-refractivity contribution < 1.29 is 4.79 Å². The molecule has 1 unspecified atom stereocenters. The lowest BCUT2D eigenvalue weighted by Gasteiger charge is -2.22. The molecule has 0 radical (unpaired) electrons. The van der Waals surface area contributed by atoms with Gasteiger partial charge in [0, 0.05) is 17.1 Å². The van der Waals surface area contributed by atoms with Crippen molar-refractivity contribution in [3.05, 3.63) is 24.3 Å². The Morgan fingerprint density at radius 3 is 2.62 bits per heavy atom. The number of nitrogens with zero attached hydrogens (tertiary/aromatic N) is 1. The fourth-order valence-electron chi connectivity index (χ4n) is 2.51. The summed E-state index contributed by atoms with van der Waals surface area (Å²) in [4.78, 5) is 15.4. The molecule has 4 nitrogen and oxygen atoms in total. The number of halogens is 1. The van der Waals surface area contributed by atoms with Gasteiger partial charge in [0.15, 0.2) is 0 Å². The van der Waals surface area contributed by atoms with Crippen molar-refractivity contribution in [2.24, 2.45) is 11.1 Å². The number of carbonyl (C=O) groups excluding carboxylic acids is 1. The predicted molar refractivity (Wildman–Crippen MR) is 92.3 cm³/mol. The van der Waals surface area contributed by atoms with E-state index < -0.39 is 0 Å². The zero-order chi connectivity index (χ0) is 14.6. The Morgan fingerprint density at radius 1 is 1.43 bits per heavy atom. The van der Waals surface area contributed by atoms with Gasteiger partial charge in [0.05, 0.1) is 6.54 Å². The summed E-state index contributed by atoms with van der Waals surface area (Å²) in [6, 6.07) is 7.92. The summed E-state index contributed by atoms with van der Waals surface area (Å²) in [5.41, 5.74) is 6.80. The maximum absolute atomic E-state index is 12.0. The van der Waals surface area contributed by atoms with Crippen LogP contribution in [0.2, 0.25) is 0 Å². The fourth-order valence-corrected chi connectivity index (χ4v) is 2.91. The predicted octanol–water partition coefficient (Wildman–Crippen LogP) is 2.44. The molecule has 1 amide bonds. The number of carbonyl (C=O) groups is 1. The van der Waals surface area contributed by atoms with Crippen LogP contribution in [0.5, 0.6) is 0 Å². The zero-order valence-corrected chi connectivity index (χ0v) is 14.2. The molecule has 3 N–H and O–H groups in total. The van der Waals surface area contributed by atoms with Gasteiger partial charge in [-0.25, -0.2) is 0 Å². The van der Waals surface area contributed by atoms with Gasteiger partial charge >= 0.3 is 0 Å². The Kier molecular flexibility index (Phi) is 7.00. The highest BCUT2D eigenvalue weighted by Gasteiger charge is 2.32. The van der Waals surface area contributed by atoms with Gasteiger partial charge in [-0.2, -0.15) is 0 Å². The van der Waals surface area contributed by atoms with Crippen LogP contribution in [0.15, 0.2) is 29.2 Å². The average molecular weight is 330 g/mol. The molecular formula is C15H24ClN3OS. The summed E-state index contributed by atoms with van der Waals surface area (Å²) in [6.45, 7) is 5.17. The van der Waals surface area contributed by atoms with Gasteiger partial charge in [0.25, 0.3) is 0 Å². The molecule has 21 heavy (non-hydrogen) atoms. The van der Waals surface area contributed by atoms with Crippen LogP contribution in [-0.4, -0.2) is 43.2 Å². The maximum Gasteiger partial charge on any atom is 0.238 e. The standard InChI is InChI=1S/C15H23N3OS.ClH/c1-15(10-16)7-8-18(11-15)9-14(19)17-12-3-5-13(20-2)6-4-12;/h3-6H,7-11,16H2,1-2H3,(H,17,19);1H. The number of hydrogen-bond donors (Lipinski definition) is 2. The third-order valence-electron chi connectivity index (χ3n) is 3.87. The van der Waals surface area contributed by atoms with Crippen LogP contribution in [0.3, 0.4) is 0 Å². The lowest BCUT2D eigenvalue weighted by Crippen LogP contribution is -2.35. The normalized spacial score (nSPS) is 21.9. The molecular weight excluding hydrogens is 306 g/mol. The van der Waals surface area contributed by atoms with Crippen molar-refractivity contribution in [1.29, 1.82) is 0 Å². The second-order valence-corrected chi connectivity index (χ2v) is 6.63. The van der Waals surface area contributed by atoms with Crippen LogP contribution in [0.1, 0.15) is 13.3 Å². The van der Waals surface area contributed by atoms with E-state index in [0.717, 1.165) is 25.2 Å². The Labute approximate surface area is 137 Å². The lowest BCUT2D eigenvalue weighted by molar-refractivity contribution is -0.117. The zero-order valence-electron chi connectivity index (χ0n) is 12.6. The van der Waals surface area contributed by atoms with E-state index in [4.69, 9.17) is 5.73 Å². The first-order chi connectivity index (χ1) is 9.54. The van der Waals surface area contributed by atoms with Crippen molar-refractivity contribution >= 4 is 35.8 Å². The summed E-state index contributed by atoms with van der Waals surface area (Å²) in [5, 5.41) is 2.94. The summed E-state index contributed by atoms with van der Waals surface area (Å²) in [6.07, 6.45) is 3.11. The highest BCUT2D eigenvalue weighted by atomic mass is 35.5. The van der Waals surface area contributed by atoms with Crippen LogP contribution < -0.4 is 11.1 Å². The smallest absolute Gasteiger partial charge is 0.238 e. The minimum Gasteiger partial charge on any atom is -0.330 e. The Morgan fingerprint density at radius 2 is 2.10 bits per heavy atom. The summed E-state index contributed by atoms with van der Waals surface area (Å²) >= 11 is 1.69. The van der Waals surface area contributed by atoms with Gasteiger partial charge in [-0.05, 0) is 55.4 Å². The number of nitrogens with two attached hydrogens (primary N) is 1. The van der Waals surface area contributed by atoms with Crippen molar-refractivity contribution in [3.63, 3.8) is 0 Å². The third-order valence-corrected chi connectivity index (χ3v) is 4.61. The van der Waals surface area contributed by atoms with Crippen molar-refractivity contribution in [1.82, 2.24) is 4.90 Å². The van der Waals surface area contributed by atoms with Crippen molar-refractivity contribution in [2.45, 2.75) is 18.2 Å². The number of likely N-dealkylation sites (tertiary alicyclic amines) is 1. The van der Waals surface area contributed by atoms with Crippen molar-refractivity contribution in [2.75, 3.05) is 37.8 Å². The number of amides is 1. The first kappa shape index (κ1) is 18.3. The van der Waals surface area contributed by atoms with E-state index in [9.17, 15) is 4.79 Å². The number of rotatable bonds is 5. The molecule has 0 aliphatic carbocycles. The minimum absolute atomic E-state index is 0. The largest absolute Gasteiger partial charge is 0.330 e. The van der Waals surface area contributed by atoms with E-state index in [1.807, 2.05) is 30.5 Å². The van der Waals surface area contributed by atoms with Gasteiger partial charge in [0.2, 0.25) is 5.91 Å². The Balaban J connectivity index is 0.00000220. The molecule has 1 aromatic rings. The molecule has 1 aliphatic rings. The highest BCUT2D eigenvalue weighted by Crippen LogP contribution is 2.28. The first-order valence-corrected chi connectivity index (χ1v) is 8.13. The second kappa shape index (κ2) is 8.03. The number of thioether (sulfide) groups is 1. The van der Waals surface area contributed by atoms with Gasteiger partial charge in [0.1, 0.15) is 0 Å². The first-order valence-electron chi connectivity index (χ1n) is 6.91. The molecule has 6 heteroatoms. The molecule has 118 valence electrons. The second-order valence-electron chi connectivity index (χ2n) is 5.75. The quantitative estimate of drug-likeness (QED) is 0.815. The molecule has 2 rings (SSSR count). The molecule has 1 atom stereocenters. The van der Waals surface area contributed by atoms with Gasteiger partial charge in [-0.3, -0.25) is 9.69 Å². The SMILES string of the molecule is CSc1ccc(NC(=O)CN2CCC(C)(CN)C2)cc1.Cl. The van der Waals surface area contributed by atoms with Crippen LogP contribution in [0.25, 0.3) is 0 Å². The van der Waals surface area contributed by atoms with E-state index >= 15 is 0 Å². The van der Waals surface area contributed by atoms with Crippen LogP contribution >= 0.6 is 24.2 Å². The summed E-state index contributed by atoms with van der Waals surface area (Å²) < 4.78 is 0. The Hall–Kier alpha value is -0.750. The monoisotopic (exact) mass is 329 g/mol. The molecule has 1 fully saturated rings. The van der Waals surface area contributed by atoms with Crippen LogP contribution in [0, 0.1) is 5.41 Å². The van der Waals surface area contributed by atoms with Crippen LogP contribution in [0.4, 0.5) is 5.69 Å². The van der Waals surface area contributed by atoms with Gasteiger partial charge in [-0.15, -0.1) is 24.2 Å². The highest BCUT2D eigenvalue weighted by molar-refractivity contribution is 7.98. The van der Waals surface area contributed by atoms with E-state index in [1.54, 1.807) is 11.8 Å². The molecule has 0 aromatic heterocycles. The van der Waals surface area contributed by atoms with E-state index in [-0.39, 0.29) is 23.7 Å². The minimum atomic E-state index is 0. The molecule has 1 aromatic carbocycles. The fraction of sp³-hybridized carbons (Fsp3) is 0.533.